The third kappa shape index (κ3) is 5.37. The topological polar surface area (TPSA) is 85.9 Å². The third-order valence-corrected chi connectivity index (χ3v) is 3.77. The Morgan fingerprint density at radius 1 is 0.963 bits per heavy atom. The zero-order chi connectivity index (χ0) is 19.8. The summed E-state index contributed by atoms with van der Waals surface area (Å²) in [6, 6.07) is 12.7. The van der Waals surface area contributed by atoms with Crippen molar-refractivity contribution in [2.45, 2.75) is 20.5 Å². The molecule has 0 unspecified atom stereocenters. The summed E-state index contributed by atoms with van der Waals surface area (Å²) >= 11 is 0. The first-order valence-corrected chi connectivity index (χ1v) is 8.49. The summed E-state index contributed by atoms with van der Waals surface area (Å²) in [7, 11) is 2.96. The Hall–Kier alpha value is -3.22. The Kier molecular flexibility index (Phi) is 7.05. The first-order chi connectivity index (χ1) is 13.0. The van der Waals surface area contributed by atoms with Gasteiger partial charge in [-0.15, -0.1) is 0 Å². The van der Waals surface area contributed by atoms with Crippen LogP contribution in [0.2, 0.25) is 0 Å². The van der Waals surface area contributed by atoms with Crippen LogP contribution in [0, 0.1) is 5.92 Å². The van der Waals surface area contributed by atoms with Gasteiger partial charge in [0.2, 0.25) is 11.7 Å². The minimum Gasteiger partial charge on any atom is -0.493 e. The molecule has 144 valence electrons. The zero-order valence-electron chi connectivity index (χ0n) is 15.9. The van der Waals surface area contributed by atoms with Crippen LogP contribution in [-0.4, -0.2) is 26.0 Å². The molecule has 0 atom stereocenters. The Balaban J connectivity index is 2.19. The highest BCUT2D eigenvalue weighted by molar-refractivity contribution is 5.96. The maximum Gasteiger partial charge on any atom is 0.269 e. The number of hydrogen-bond acceptors (Lipinski definition) is 5. The molecule has 0 spiro atoms. The number of methoxy groups -OCH3 is 2. The molecule has 2 amide bonds. The molecule has 0 saturated carbocycles. The maximum atomic E-state index is 12.3. The highest BCUT2D eigenvalue weighted by atomic mass is 16.5. The van der Waals surface area contributed by atoms with E-state index in [0.717, 1.165) is 5.56 Å². The highest BCUT2D eigenvalue weighted by Crippen LogP contribution is 2.39. The molecular weight excluding hydrogens is 348 g/mol. The van der Waals surface area contributed by atoms with Crippen molar-refractivity contribution in [3.05, 3.63) is 53.6 Å². The van der Waals surface area contributed by atoms with Gasteiger partial charge in [0.1, 0.15) is 6.61 Å². The number of carbonyl (C=O) groups is 2. The quantitative estimate of drug-likeness (QED) is 0.730. The molecule has 0 radical (unpaired) electrons. The summed E-state index contributed by atoms with van der Waals surface area (Å²) < 4.78 is 16.6. The Morgan fingerprint density at radius 2 is 1.56 bits per heavy atom. The predicted octanol–water partition coefficient (Wildman–Crippen LogP) is 2.70. The van der Waals surface area contributed by atoms with Gasteiger partial charge in [-0.2, -0.15) is 0 Å². The van der Waals surface area contributed by atoms with Gasteiger partial charge in [-0.3, -0.25) is 20.4 Å². The van der Waals surface area contributed by atoms with E-state index in [-0.39, 0.29) is 17.4 Å². The first-order valence-electron chi connectivity index (χ1n) is 8.49. The van der Waals surface area contributed by atoms with E-state index in [1.165, 1.54) is 26.4 Å². The number of rotatable bonds is 7. The molecule has 0 aromatic heterocycles. The van der Waals surface area contributed by atoms with Crippen molar-refractivity contribution in [1.29, 1.82) is 0 Å². The van der Waals surface area contributed by atoms with E-state index < -0.39 is 5.91 Å². The second-order valence-electron chi connectivity index (χ2n) is 6.08. The minimum atomic E-state index is -0.491. The van der Waals surface area contributed by atoms with E-state index in [1.807, 2.05) is 30.3 Å². The standard InChI is InChI=1S/C20H24N2O5/c1-13(2)19(23)21-22-20(24)15-10-16(25-3)18(17(11-15)26-4)27-12-14-8-6-5-7-9-14/h5-11,13H,12H2,1-4H3,(H,21,23)(H,22,24). The van der Waals surface area contributed by atoms with Gasteiger partial charge in [0.05, 0.1) is 14.2 Å². The summed E-state index contributed by atoms with van der Waals surface area (Å²) in [4.78, 5) is 23.9. The summed E-state index contributed by atoms with van der Waals surface area (Å²) in [6.07, 6.45) is 0. The highest BCUT2D eigenvalue weighted by Gasteiger charge is 2.18. The smallest absolute Gasteiger partial charge is 0.269 e. The molecule has 0 aliphatic heterocycles. The lowest BCUT2D eigenvalue weighted by Crippen LogP contribution is -2.43. The van der Waals surface area contributed by atoms with Crippen molar-refractivity contribution in [2.75, 3.05) is 14.2 Å². The van der Waals surface area contributed by atoms with E-state index in [4.69, 9.17) is 14.2 Å². The van der Waals surface area contributed by atoms with Gasteiger partial charge in [0.15, 0.2) is 11.5 Å². The number of carbonyl (C=O) groups excluding carboxylic acids is 2. The Labute approximate surface area is 158 Å². The molecule has 0 saturated heterocycles. The average molecular weight is 372 g/mol. The van der Waals surface area contributed by atoms with Crippen LogP contribution in [0.1, 0.15) is 29.8 Å². The number of hydrogen-bond donors (Lipinski definition) is 2. The lowest BCUT2D eigenvalue weighted by molar-refractivity contribution is -0.124. The number of benzene rings is 2. The summed E-state index contributed by atoms with van der Waals surface area (Å²) in [5.41, 5.74) is 5.98. The molecule has 0 aliphatic rings. The molecule has 2 aromatic rings. The van der Waals surface area contributed by atoms with Crippen LogP contribution < -0.4 is 25.1 Å². The fourth-order valence-electron chi connectivity index (χ4n) is 2.22. The van der Waals surface area contributed by atoms with Crippen LogP contribution >= 0.6 is 0 Å². The van der Waals surface area contributed by atoms with Gasteiger partial charge in [-0.1, -0.05) is 44.2 Å². The van der Waals surface area contributed by atoms with E-state index in [2.05, 4.69) is 10.9 Å². The van der Waals surface area contributed by atoms with Crippen molar-refractivity contribution in [1.82, 2.24) is 10.9 Å². The normalized spacial score (nSPS) is 10.3. The number of amides is 2. The SMILES string of the molecule is COc1cc(C(=O)NNC(=O)C(C)C)cc(OC)c1OCc1ccccc1. The minimum absolute atomic E-state index is 0.247. The number of nitrogens with one attached hydrogen (secondary N) is 2. The van der Waals surface area contributed by atoms with Crippen molar-refractivity contribution in [3.63, 3.8) is 0 Å². The molecule has 27 heavy (non-hydrogen) atoms. The summed E-state index contributed by atoms with van der Waals surface area (Å²) in [5, 5.41) is 0. The van der Waals surface area contributed by atoms with Crippen LogP contribution in [0.15, 0.2) is 42.5 Å². The Morgan fingerprint density at radius 3 is 2.07 bits per heavy atom. The molecule has 7 nitrogen and oxygen atoms in total. The summed E-state index contributed by atoms with van der Waals surface area (Å²) in [5.74, 6) is 0.0753. The number of hydrazine groups is 1. The fourth-order valence-corrected chi connectivity index (χ4v) is 2.22. The predicted molar refractivity (Wildman–Crippen MR) is 101 cm³/mol. The fraction of sp³-hybridized carbons (Fsp3) is 0.300. The molecule has 7 heteroatoms. The molecule has 0 bridgehead atoms. The Bertz CT molecular complexity index is 765. The second-order valence-corrected chi connectivity index (χ2v) is 6.08. The van der Waals surface area contributed by atoms with Gasteiger partial charge in [0, 0.05) is 11.5 Å². The van der Waals surface area contributed by atoms with Crippen LogP contribution in [0.5, 0.6) is 17.2 Å². The van der Waals surface area contributed by atoms with Gasteiger partial charge in [-0.25, -0.2) is 0 Å². The lowest BCUT2D eigenvalue weighted by Gasteiger charge is -2.16. The zero-order valence-corrected chi connectivity index (χ0v) is 15.9. The largest absolute Gasteiger partial charge is 0.493 e. The van der Waals surface area contributed by atoms with Gasteiger partial charge in [0.25, 0.3) is 5.91 Å². The van der Waals surface area contributed by atoms with Gasteiger partial charge >= 0.3 is 0 Å². The molecule has 2 rings (SSSR count). The van der Waals surface area contributed by atoms with E-state index in [1.54, 1.807) is 13.8 Å². The molecule has 0 aliphatic carbocycles. The van der Waals surface area contributed by atoms with Gasteiger partial charge in [-0.05, 0) is 17.7 Å². The van der Waals surface area contributed by atoms with Crippen LogP contribution in [0.4, 0.5) is 0 Å². The lowest BCUT2D eigenvalue weighted by atomic mass is 10.1. The monoisotopic (exact) mass is 372 g/mol. The van der Waals surface area contributed by atoms with E-state index >= 15 is 0 Å². The molecular formula is C20H24N2O5. The van der Waals surface area contributed by atoms with Crippen molar-refractivity contribution in [2.24, 2.45) is 5.92 Å². The maximum absolute atomic E-state index is 12.3. The molecule has 2 aromatic carbocycles. The van der Waals surface area contributed by atoms with E-state index in [0.29, 0.717) is 23.9 Å². The molecule has 0 heterocycles. The third-order valence-electron chi connectivity index (χ3n) is 3.77. The van der Waals surface area contributed by atoms with Crippen molar-refractivity contribution in [3.8, 4) is 17.2 Å². The second kappa shape index (κ2) is 9.47. The molecule has 0 fully saturated rings. The van der Waals surface area contributed by atoms with E-state index in [9.17, 15) is 9.59 Å². The van der Waals surface area contributed by atoms with Crippen LogP contribution in [0.3, 0.4) is 0 Å². The summed E-state index contributed by atoms with van der Waals surface area (Å²) in [6.45, 7) is 3.78. The van der Waals surface area contributed by atoms with Crippen LogP contribution in [0.25, 0.3) is 0 Å². The van der Waals surface area contributed by atoms with Crippen molar-refractivity contribution >= 4 is 11.8 Å². The average Bonchev–Trinajstić information content (AvgIpc) is 2.69. The van der Waals surface area contributed by atoms with Crippen LogP contribution in [-0.2, 0) is 11.4 Å². The molecule has 2 N–H and O–H groups in total. The van der Waals surface area contributed by atoms with Gasteiger partial charge < -0.3 is 14.2 Å². The number of ether oxygens (including phenoxy) is 3. The van der Waals surface area contributed by atoms with Crippen molar-refractivity contribution < 1.29 is 23.8 Å². The first kappa shape index (κ1) is 20.1.